The van der Waals surface area contributed by atoms with Gasteiger partial charge in [-0.25, -0.2) is 4.98 Å². The smallest absolute Gasteiger partial charge is 0.322 e. The second kappa shape index (κ2) is 7.91. The van der Waals surface area contributed by atoms with Crippen LogP contribution in [0.3, 0.4) is 0 Å². The van der Waals surface area contributed by atoms with Crippen molar-refractivity contribution in [1.29, 1.82) is 0 Å². The number of rotatable bonds is 6. The minimum absolute atomic E-state index is 0.201. The van der Waals surface area contributed by atoms with E-state index in [9.17, 15) is 19.5 Å². The number of carboxylic acid groups (broad SMARTS) is 1. The molecule has 1 amide bonds. The van der Waals surface area contributed by atoms with E-state index in [2.05, 4.69) is 10.3 Å². The van der Waals surface area contributed by atoms with E-state index in [1.807, 2.05) is 30.3 Å². The number of aromatic hydroxyl groups is 1. The zero-order valence-corrected chi connectivity index (χ0v) is 15.2. The topological polar surface area (TPSA) is 122 Å². The number of carbonyl (C=O) groups is 2. The molecule has 28 heavy (non-hydrogen) atoms. The number of carboxylic acids is 1. The molecule has 0 radical (unpaired) electrons. The van der Waals surface area contributed by atoms with Crippen LogP contribution in [0.1, 0.15) is 21.6 Å². The van der Waals surface area contributed by atoms with E-state index in [0.29, 0.717) is 29.4 Å². The van der Waals surface area contributed by atoms with Crippen molar-refractivity contribution >= 4 is 22.8 Å². The highest BCUT2D eigenvalue weighted by Crippen LogP contribution is 2.27. The summed E-state index contributed by atoms with van der Waals surface area (Å²) < 4.78 is 1.52. The van der Waals surface area contributed by atoms with Crippen molar-refractivity contribution in [1.82, 2.24) is 14.9 Å². The third-order valence-corrected chi connectivity index (χ3v) is 4.39. The number of pyridine rings is 2. The Morgan fingerprint density at radius 3 is 2.61 bits per heavy atom. The van der Waals surface area contributed by atoms with E-state index in [0.717, 1.165) is 5.56 Å². The molecule has 0 aliphatic carbocycles. The van der Waals surface area contributed by atoms with Gasteiger partial charge in [0.05, 0.1) is 11.7 Å². The van der Waals surface area contributed by atoms with E-state index in [1.165, 1.54) is 16.8 Å². The average Bonchev–Trinajstić information content (AvgIpc) is 2.68. The summed E-state index contributed by atoms with van der Waals surface area (Å²) in [5.74, 6) is -2.40. The van der Waals surface area contributed by atoms with Crippen LogP contribution in [0.4, 0.5) is 0 Å². The van der Waals surface area contributed by atoms with Crippen molar-refractivity contribution in [3.05, 3.63) is 69.8 Å². The highest BCUT2D eigenvalue weighted by Gasteiger charge is 2.19. The van der Waals surface area contributed by atoms with E-state index in [-0.39, 0.29) is 11.3 Å². The lowest BCUT2D eigenvalue weighted by Gasteiger charge is -2.14. The number of fused-ring (bicyclic) bond motifs is 1. The lowest BCUT2D eigenvalue weighted by molar-refractivity contribution is -0.135. The second-order valence-corrected chi connectivity index (χ2v) is 6.35. The van der Waals surface area contributed by atoms with Gasteiger partial charge in [0.25, 0.3) is 11.5 Å². The lowest BCUT2D eigenvalue weighted by Crippen LogP contribution is -2.30. The number of aliphatic carboxylic acids is 1. The minimum Gasteiger partial charge on any atom is -0.505 e. The van der Waals surface area contributed by atoms with Gasteiger partial charge in [0.15, 0.2) is 11.4 Å². The van der Waals surface area contributed by atoms with Crippen LogP contribution in [0, 0.1) is 6.92 Å². The Labute approximate surface area is 160 Å². The Bertz CT molecular complexity index is 1110. The molecule has 3 N–H and O–H groups in total. The molecule has 0 aliphatic heterocycles. The fourth-order valence-corrected chi connectivity index (χ4v) is 2.98. The van der Waals surface area contributed by atoms with Crippen molar-refractivity contribution in [2.24, 2.45) is 0 Å². The van der Waals surface area contributed by atoms with Crippen molar-refractivity contribution in [3.8, 4) is 5.75 Å². The van der Waals surface area contributed by atoms with Crippen LogP contribution in [-0.4, -0.2) is 38.2 Å². The van der Waals surface area contributed by atoms with Crippen LogP contribution in [-0.2, 0) is 17.8 Å². The molecule has 3 aromatic rings. The van der Waals surface area contributed by atoms with E-state index in [1.54, 1.807) is 6.92 Å². The molecule has 0 saturated heterocycles. The Balaban J connectivity index is 2.01. The standard InChI is InChI=1S/C20H19N3O5/c1-12-9-14-15(10-21-17(18(14)26)19(27)22-11-16(24)25)23(20(12)28)8-7-13-5-3-2-4-6-13/h2-6,9-10,26H,7-8,11H2,1H3,(H,22,27)(H,24,25). The van der Waals surface area contributed by atoms with Crippen LogP contribution >= 0.6 is 0 Å². The van der Waals surface area contributed by atoms with Gasteiger partial charge in [-0.1, -0.05) is 30.3 Å². The number of benzene rings is 1. The first-order chi connectivity index (χ1) is 13.4. The van der Waals surface area contributed by atoms with Gasteiger partial charge < -0.3 is 20.1 Å². The van der Waals surface area contributed by atoms with Crippen molar-refractivity contribution in [2.75, 3.05) is 6.54 Å². The van der Waals surface area contributed by atoms with Gasteiger partial charge in [0.1, 0.15) is 6.54 Å². The third-order valence-electron chi connectivity index (χ3n) is 4.39. The lowest BCUT2D eigenvalue weighted by atomic mass is 10.1. The van der Waals surface area contributed by atoms with E-state index >= 15 is 0 Å². The Morgan fingerprint density at radius 2 is 1.93 bits per heavy atom. The average molecular weight is 381 g/mol. The molecule has 3 rings (SSSR count). The fraction of sp³-hybridized carbons (Fsp3) is 0.200. The number of amides is 1. The zero-order chi connectivity index (χ0) is 20.3. The quantitative estimate of drug-likeness (QED) is 0.594. The first kappa shape index (κ1) is 19.1. The van der Waals surface area contributed by atoms with Gasteiger partial charge in [-0.15, -0.1) is 0 Å². The van der Waals surface area contributed by atoms with Crippen LogP contribution in [0.25, 0.3) is 10.9 Å². The molecule has 144 valence electrons. The van der Waals surface area contributed by atoms with Gasteiger partial charge in [-0.05, 0) is 25.0 Å². The van der Waals surface area contributed by atoms with Gasteiger partial charge in [-0.2, -0.15) is 0 Å². The van der Waals surface area contributed by atoms with Crippen molar-refractivity contribution in [2.45, 2.75) is 19.9 Å². The highest BCUT2D eigenvalue weighted by molar-refractivity contribution is 6.01. The van der Waals surface area contributed by atoms with Crippen LogP contribution in [0.2, 0.25) is 0 Å². The highest BCUT2D eigenvalue weighted by atomic mass is 16.4. The van der Waals surface area contributed by atoms with Gasteiger partial charge >= 0.3 is 5.97 Å². The molecule has 2 heterocycles. The molecule has 0 unspecified atom stereocenters. The van der Waals surface area contributed by atoms with Crippen LogP contribution < -0.4 is 10.9 Å². The maximum atomic E-state index is 12.6. The summed E-state index contributed by atoms with van der Waals surface area (Å²) in [4.78, 5) is 39.3. The maximum Gasteiger partial charge on any atom is 0.322 e. The zero-order valence-electron chi connectivity index (χ0n) is 15.2. The molecular weight excluding hydrogens is 362 g/mol. The number of aryl methyl sites for hydroxylation is 3. The molecule has 2 aromatic heterocycles. The number of nitrogens with one attached hydrogen (secondary N) is 1. The molecule has 0 aliphatic rings. The van der Waals surface area contributed by atoms with E-state index < -0.39 is 24.2 Å². The second-order valence-electron chi connectivity index (χ2n) is 6.35. The summed E-state index contributed by atoms with van der Waals surface area (Å²) in [5.41, 5.74) is 1.39. The molecule has 0 atom stereocenters. The first-order valence-electron chi connectivity index (χ1n) is 8.64. The van der Waals surface area contributed by atoms with Crippen LogP contribution in [0.5, 0.6) is 5.75 Å². The maximum absolute atomic E-state index is 12.6. The SMILES string of the molecule is Cc1cc2c(O)c(C(=O)NCC(=O)O)ncc2n(CCc2ccccc2)c1=O. The summed E-state index contributed by atoms with van der Waals surface area (Å²) in [6, 6.07) is 11.2. The number of aromatic nitrogens is 2. The van der Waals surface area contributed by atoms with Crippen LogP contribution in [0.15, 0.2) is 47.4 Å². The minimum atomic E-state index is -1.21. The van der Waals surface area contributed by atoms with Gasteiger partial charge in [0, 0.05) is 17.5 Å². The first-order valence-corrected chi connectivity index (χ1v) is 8.64. The predicted octanol–water partition coefficient (Wildman–Crippen LogP) is 1.47. The van der Waals surface area contributed by atoms with Crippen molar-refractivity contribution < 1.29 is 19.8 Å². The summed E-state index contributed by atoms with van der Waals surface area (Å²) in [5, 5.41) is 21.7. The van der Waals surface area contributed by atoms with Gasteiger partial charge in [-0.3, -0.25) is 14.4 Å². The molecule has 0 bridgehead atoms. The van der Waals surface area contributed by atoms with Crippen molar-refractivity contribution in [3.63, 3.8) is 0 Å². The predicted molar refractivity (Wildman–Crippen MR) is 103 cm³/mol. The molecule has 0 saturated carbocycles. The molecular formula is C20H19N3O5. The molecule has 0 spiro atoms. The Hall–Kier alpha value is -3.68. The number of nitrogens with zero attached hydrogens (tertiary/aromatic N) is 2. The summed E-state index contributed by atoms with van der Waals surface area (Å²) in [6.07, 6.45) is 1.96. The Morgan fingerprint density at radius 1 is 1.21 bits per heavy atom. The summed E-state index contributed by atoms with van der Waals surface area (Å²) in [6.45, 7) is 1.42. The van der Waals surface area contributed by atoms with Gasteiger partial charge in [0.2, 0.25) is 0 Å². The normalized spacial score (nSPS) is 10.8. The number of hydrogen-bond acceptors (Lipinski definition) is 5. The molecule has 8 nitrogen and oxygen atoms in total. The van der Waals surface area contributed by atoms with E-state index in [4.69, 9.17) is 5.11 Å². The molecule has 0 fully saturated rings. The number of carbonyl (C=O) groups excluding carboxylic acids is 1. The molecule has 8 heteroatoms. The monoisotopic (exact) mass is 381 g/mol. The fourth-order valence-electron chi connectivity index (χ4n) is 2.98. The summed E-state index contributed by atoms with van der Waals surface area (Å²) >= 11 is 0. The largest absolute Gasteiger partial charge is 0.505 e. The summed E-state index contributed by atoms with van der Waals surface area (Å²) in [7, 11) is 0. The Kier molecular flexibility index (Phi) is 5.39. The third kappa shape index (κ3) is 3.85. The number of hydrogen-bond donors (Lipinski definition) is 3. The molecule has 1 aromatic carbocycles.